The molecule has 0 aliphatic heterocycles. The van der Waals surface area contributed by atoms with Gasteiger partial charge < -0.3 is 4.74 Å². The van der Waals surface area contributed by atoms with Gasteiger partial charge in [-0.05, 0) is 11.3 Å². The molecule has 0 saturated heterocycles. The molecule has 9 heteroatoms. The summed E-state index contributed by atoms with van der Waals surface area (Å²) in [6.45, 7) is 2.85. The second-order valence-corrected chi connectivity index (χ2v) is 4.58. The van der Waals surface area contributed by atoms with Crippen LogP contribution in [0.5, 0.6) is 0 Å². The highest BCUT2D eigenvalue weighted by molar-refractivity contribution is 7.18. The first-order valence-electron chi connectivity index (χ1n) is 4.97. The lowest BCUT2D eigenvalue weighted by Gasteiger charge is -2.05. The molecule has 0 aliphatic rings. The fourth-order valence-corrected chi connectivity index (χ4v) is 1.51. The van der Waals surface area contributed by atoms with E-state index in [-0.39, 0.29) is 16.1 Å². The fraction of sp³-hybridized carbons (Fsp3) is 0.444. The molecular weight excluding hydrogens is 262 g/mol. The lowest BCUT2D eigenvalue weighted by Crippen LogP contribution is -2.22. The quantitative estimate of drug-likeness (QED) is 0.490. The van der Waals surface area contributed by atoms with Gasteiger partial charge in [-0.25, -0.2) is 4.98 Å². The van der Waals surface area contributed by atoms with Crippen molar-refractivity contribution in [1.82, 2.24) is 4.98 Å². The number of nitro groups is 1. The Morgan fingerprint density at radius 3 is 2.78 bits per heavy atom. The third kappa shape index (κ3) is 4.09. The second-order valence-electron chi connectivity index (χ2n) is 3.57. The van der Waals surface area contributed by atoms with E-state index in [2.05, 4.69) is 15.0 Å². The molecule has 1 rings (SSSR count). The van der Waals surface area contributed by atoms with Crippen LogP contribution < -0.4 is 5.32 Å². The van der Waals surface area contributed by atoms with Crippen molar-refractivity contribution in [3.05, 3.63) is 16.3 Å². The minimum Gasteiger partial charge on any atom is -0.455 e. The summed E-state index contributed by atoms with van der Waals surface area (Å²) in [7, 11) is 0. The number of carbonyl (C=O) groups is 2. The molecule has 8 nitrogen and oxygen atoms in total. The Labute approximate surface area is 106 Å². The van der Waals surface area contributed by atoms with Gasteiger partial charge in [-0.15, -0.1) is 0 Å². The van der Waals surface area contributed by atoms with Crippen molar-refractivity contribution in [2.75, 3.05) is 11.9 Å². The Kier molecular flexibility index (Phi) is 4.72. The van der Waals surface area contributed by atoms with Crippen LogP contribution in [0.15, 0.2) is 6.20 Å². The van der Waals surface area contributed by atoms with Crippen molar-refractivity contribution < 1.29 is 19.2 Å². The predicted octanol–water partition coefficient (Wildman–Crippen LogP) is 1.19. The zero-order valence-electron chi connectivity index (χ0n) is 9.71. The van der Waals surface area contributed by atoms with Gasteiger partial charge >= 0.3 is 11.0 Å². The molecule has 1 aromatic heterocycles. The zero-order valence-corrected chi connectivity index (χ0v) is 10.5. The summed E-state index contributed by atoms with van der Waals surface area (Å²) in [4.78, 5) is 35.8. The number of rotatable bonds is 5. The highest BCUT2D eigenvalue weighted by atomic mass is 32.1. The van der Waals surface area contributed by atoms with Crippen LogP contribution in [0.4, 0.5) is 10.1 Å². The predicted molar refractivity (Wildman–Crippen MR) is 63.2 cm³/mol. The topological polar surface area (TPSA) is 111 Å². The van der Waals surface area contributed by atoms with E-state index in [1.165, 1.54) is 0 Å². The van der Waals surface area contributed by atoms with Gasteiger partial charge in [0.05, 0.1) is 10.8 Å². The molecule has 1 aromatic rings. The van der Waals surface area contributed by atoms with Gasteiger partial charge in [0.15, 0.2) is 11.7 Å². The maximum atomic E-state index is 11.3. The van der Waals surface area contributed by atoms with Gasteiger partial charge in [0.1, 0.15) is 6.20 Å². The van der Waals surface area contributed by atoms with Crippen molar-refractivity contribution in [2.24, 2.45) is 5.92 Å². The largest absolute Gasteiger partial charge is 0.455 e. The number of anilines is 1. The number of carbonyl (C=O) groups excluding carboxylic acids is 2. The zero-order chi connectivity index (χ0) is 13.7. The van der Waals surface area contributed by atoms with Gasteiger partial charge in [-0.3, -0.25) is 25.0 Å². The average Bonchev–Trinajstić information content (AvgIpc) is 2.74. The van der Waals surface area contributed by atoms with Crippen molar-refractivity contribution in [1.29, 1.82) is 0 Å². The normalized spacial score (nSPS) is 10.2. The standard InChI is InChI=1S/C9H11N3O5S/c1-5(2)8(14)17-4-6(13)11-9-10-3-7(18-9)12(15)16/h3,5H,4H2,1-2H3,(H,10,11,13). The number of nitrogens with one attached hydrogen (secondary N) is 1. The minimum absolute atomic E-state index is 0.0901. The smallest absolute Gasteiger partial charge is 0.345 e. The van der Waals surface area contributed by atoms with E-state index in [1.54, 1.807) is 13.8 Å². The molecule has 0 aliphatic carbocycles. The summed E-state index contributed by atoms with van der Waals surface area (Å²) >= 11 is 0.727. The van der Waals surface area contributed by atoms with Crippen molar-refractivity contribution >= 4 is 33.3 Å². The molecule has 0 fully saturated rings. The van der Waals surface area contributed by atoms with Crippen molar-refractivity contribution in [3.63, 3.8) is 0 Å². The molecule has 0 saturated carbocycles. The van der Waals surface area contributed by atoms with E-state index in [0.717, 1.165) is 17.5 Å². The monoisotopic (exact) mass is 273 g/mol. The summed E-state index contributed by atoms with van der Waals surface area (Å²) in [5, 5.41) is 12.6. The summed E-state index contributed by atoms with van der Waals surface area (Å²) < 4.78 is 4.68. The maximum absolute atomic E-state index is 11.3. The van der Waals surface area contributed by atoms with Crippen LogP contribution in [0.1, 0.15) is 13.8 Å². The molecule has 1 amide bonds. The highest BCUT2D eigenvalue weighted by Crippen LogP contribution is 2.24. The third-order valence-electron chi connectivity index (χ3n) is 1.74. The molecule has 98 valence electrons. The summed E-state index contributed by atoms with van der Waals surface area (Å²) in [6.07, 6.45) is 1.04. The molecule has 1 N–H and O–H groups in total. The molecule has 0 radical (unpaired) electrons. The van der Waals surface area contributed by atoms with E-state index in [4.69, 9.17) is 0 Å². The minimum atomic E-state index is -0.605. The first-order chi connectivity index (χ1) is 8.40. The first-order valence-corrected chi connectivity index (χ1v) is 5.78. The van der Waals surface area contributed by atoms with Crippen LogP contribution >= 0.6 is 11.3 Å². The van der Waals surface area contributed by atoms with E-state index in [0.29, 0.717) is 0 Å². The Morgan fingerprint density at radius 2 is 2.28 bits per heavy atom. The molecule has 1 heterocycles. The Bertz CT molecular complexity index is 471. The van der Waals surface area contributed by atoms with E-state index in [9.17, 15) is 19.7 Å². The Balaban J connectivity index is 2.44. The van der Waals surface area contributed by atoms with Crippen molar-refractivity contribution in [2.45, 2.75) is 13.8 Å². The molecule has 0 bridgehead atoms. The number of esters is 1. The van der Waals surface area contributed by atoms with Gasteiger partial charge in [0.25, 0.3) is 5.91 Å². The second kappa shape index (κ2) is 6.05. The molecular formula is C9H11N3O5S. The Morgan fingerprint density at radius 1 is 1.61 bits per heavy atom. The van der Waals surface area contributed by atoms with Gasteiger partial charge in [0.2, 0.25) is 0 Å². The van der Waals surface area contributed by atoms with Crippen LogP contribution in [-0.4, -0.2) is 28.4 Å². The summed E-state index contributed by atoms with van der Waals surface area (Å²) in [6, 6.07) is 0. The maximum Gasteiger partial charge on any atom is 0.345 e. The highest BCUT2D eigenvalue weighted by Gasteiger charge is 2.15. The van der Waals surface area contributed by atoms with E-state index in [1.807, 2.05) is 0 Å². The summed E-state index contributed by atoms with van der Waals surface area (Å²) in [5.74, 6) is -1.40. The van der Waals surface area contributed by atoms with Crippen LogP contribution in [-0.2, 0) is 14.3 Å². The number of nitrogens with zero attached hydrogens (tertiary/aromatic N) is 2. The van der Waals surface area contributed by atoms with Crippen LogP contribution in [0.2, 0.25) is 0 Å². The summed E-state index contributed by atoms with van der Waals surface area (Å²) in [5.41, 5.74) is 0. The number of hydrogen-bond donors (Lipinski definition) is 1. The first kappa shape index (κ1) is 14.0. The average molecular weight is 273 g/mol. The number of amides is 1. The molecule has 0 spiro atoms. The van der Waals surface area contributed by atoms with Crippen molar-refractivity contribution in [3.8, 4) is 0 Å². The molecule has 0 aromatic carbocycles. The van der Waals surface area contributed by atoms with Gasteiger partial charge in [-0.1, -0.05) is 13.8 Å². The molecule has 18 heavy (non-hydrogen) atoms. The Hall–Kier alpha value is -2.03. The number of ether oxygens (including phenoxy) is 1. The van der Waals surface area contributed by atoms with E-state index < -0.39 is 23.4 Å². The number of hydrogen-bond acceptors (Lipinski definition) is 7. The van der Waals surface area contributed by atoms with Gasteiger partial charge in [-0.2, -0.15) is 0 Å². The molecule has 0 unspecified atom stereocenters. The molecule has 0 atom stereocenters. The SMILES string of the molecule is CC(C)C(=O)OCC(=O)Nc1ncc([N+](=O)[O-])s1. The fourth-order valence-electron chi connectivity index (χ4n) is 0.866. The lowest BCUT2D eigenvalue weighted by molar-refractivity contribution is -0.380. The lowest BCUT2D eigenvalue weighted by atomic mass is 10.2. The van der Waals surface area contributed by atoms with Crippen LogP contribution in [0.3, 0.4) is 0 Å². The number of thiazole rings is 1. The number of aromatic nitrogens is 1. The third-order valence-corrected chi connectivity index (χ3v) is 2.60. The van der Waals surface area contributed by atoms with E-state index >= 15 is 0 Å². The van der Waals surface area contributed by atoms with Crippen LogP contribution in [0.25, 0.3) is 0 Å². The van der Waals surface area contributed by atoms with Crippen LogP contribution in [0, 0.1) is 16.0 Å². The van der Waals surface area contributed by atoms with Gasteiger partial charge in [0, 0.05) is 0 Å².